The van der Waals surface area contributed by atoms with E-state index in [-0.39, 0.29) is 11.8 Å². The Bertz CT molecular complexity index is 917. The number of carbonyl (C=O) groups is 1. The average Bonchev–Trinajstić information content (AvgIpc) is 2.78. The van der Waals surface area contributed by atoms with E-state index in [0.717, 1.165) is 0 Å². The summed E-state index contributed by atoms with van der Waals surface area (Å²) in [6.45, 7) is 2.80. The van der Waals surface area contributed by atoms with Crippen LogP contribution < -0.4 is 24.3 Å². The summed E-state index contributed by atoms with van der Waals surface area (Å²) in [6, 6.07) is 8.73. The molecule has 2 aromatic carbocycles. The van der Waals surface area contributed by atoms with Gasteiger partial charge in [0.05, 0.1) is 34.1 Å². The first-order valence-corrected chi connectivity index (χ1v) is 9.69. The lowest BCUT2D eigenvalue weighted by atomic mass is 9.87. The second-order valence-corrected chi connectivity index (χ2v) is 6.90. The number of ether oxygens (including phenoxy) is 4. The summed E-state index contributed by atoms with van der Waals surface area (Å²) in [7, 11) is 6.20. The van der Waals surface area contributed by atoms with Crippen molar-refractivity contribution in [2.24, 2.45) is 0 Å². The average molecular weight is 416 g/mol. The molecule has 1 heterocycles. The molecule has 1 aliphatic heterocycles. The molecule has 0 fully saturated rings. The highest BCUT2D eigenvalue weighted by molar-refractivity contribution is 5.98. The van der Waals surface area contributed by atoms with Gasteiger partial charge in [-0.25, -0.2) is 0 Å². The highest BCUT2D eigenvalue weighted by atomic mass is 16.5. The Hall–Kier alpha value is -3.13. The second-order valence-electron chi connectivity index (χ2n) is 6.90. The molecule has 0 radical (unpaired) electrons. The van der Waals surface area contributed by atoms with Gasteiger partial charge in [-0.05, 0) is 36.8 Å². The Labute approximate surface area is 176 Å². The molecule has 2 aromatic rings. The van der Waals surface area contributed by atoms with E-state index in [1.54, 1.807) is 56.6 Å². The lowest BCUT2D eigenvalue weighted by Crippen LogP contribution is -2.45. The SMILES string of the molecule is CCN1CC(C(O)Nc2ccc(OC)cc2OC)c2cc(OC)c(OC)cc2C1=O. The van der Waals surface area contributed by atoms with Gasteiger partial charge in [0.2, 0.25) is 0 Å². The van der Waals surface area contributed by atoms with Crippen LogP contribution in [0.15, 0.2) is 30.3 Å². The third kappa shape index (κ3) is 3.95. The standard InChI is InChI=1S/C22H28N2O6/c1-6-24-12-16(14-10-19(29-4)20(30-5)11-15(14)22(24)26)21(25)23-17-8-7-13(27-2)9-18(17)28-3/h7-11,16,21,23,25H,6,12H2,1-5H3. The van der Waals surface area contributed by atoms with E-state index in [2.05, 4.69) is 5.32 Å². The fraction of sp³-hybridized carbons (Fsp3) is 0.409. The van der Waals surface area contributed by atoms with Crippen LogP contribution in [-0.4, -0.2) is 63.7 Å². The quantitative estimate of drug-likeness (QED) is 0.640. The molecule has 1 aliphatic rings. The number of benzene rings is 2. The largest absolute Gasteiger partial charge is 0.497 e. The highest BCUT2D eigenvalue weighted by Crippen LogP contribution is 2.39. The number of rotatable bonds is 8. The monoisotopic (exact) mass is 416 g/mol. The van der Waals surface area contributed by atoms with Crippen molar-refractivity contribution >= 4 is 11.6 Å². The molecule has 0 aromatic heterocycles. The van der Waals surface area contributed by atoms with Crippen molar-refractivity contribution in [1.29, 1.82) is 0 Å². The van der Waals surface area contributed by atoms with Gasteiger partial charge in [0, 0.05) is 30.6 Å². The molecule has 0 saturated carbocycles. The van der Waals surface area contributed by atoms with Crippen LogP contribution in [0.2, 0.25) is 0 Å². The summed E-state index contributed by atoms with van der Waals surface area (Å²) in [4.78, 5) is 14.6. The Morgan fingerprint density at radius 1 is 1.03 bits per heavy atom. The molecule has 2 unspecified atom stereocenters. The molecule has 30 heavy (non-hydrogen) atoms. The normalized spacial score (nSPS) is 16.5. The van der Waals surface area contributed by atoms with E-state index >= 15 is 0 Å². The molecule has 8 nitrogen and oxygen atoms in total. The fourth-order valence-electron chi connectivity index (χ4n) is 3.70. The van der Waals surface area contributed by atoms with Gasteiger partial charge in [-0.2, -0.15) is 0 Å². The molecule has 2 atom stereocenters. The molecule has 0 spiro atoms. The van der Waals surface area contributed by atoms with Crippen molar-refractivity contribution in [3.8, 4) is 23.0 Å². The van der Waals surface area contributed by atoms with Gasteiger partial charge in [0.1, 0.15) is 17.7 Å². The van der Waals surface area contributed by atoms with Crippen LogP contribution in [0.25, 0.3) is 0 Å². The lowest BCUT2D eigenvalue weighted by molar-refractivity contribution is 0.0668. The number of anilines is 1. The molecule has 0 aliphatic carbocycles. The maximum absolute atomic E-state index is 12.9. The first-order valence-electron chi connectivity index (χ1n) is 9.69. The molecule has 162 valence electrons. The van der Waals surface area contributed by atoms with Crippen molar-refractivity contribution in [1.82, 2.24) is 4.90 Å². The zero-order valence-electron chi connectivity index (χ0n) is 17.9. The Balaban J connectivity index is 1.99. The number of likely N-dealkylation sites (N-methyl/N-ethyl adjacent to an activating group) is 1. The minimum Gasteiger partial charge on any atom is -0.497 e. The molecule has 0 saturated heterocycles. The van der Waals surface area contributed by atoms with E-state index in [9.17, 15) is 9.90 Å². The van der Waals surface area contributed by atoms with E-state index in [1.807, 2.05) is 6.92 Å². The zero-order valence-corrected chi connectivity index (χ0v) is 17.9. The van der Waals surface area contributed by atoms with Crippen molar-refractivity contribution in [3.05, 3.63) is 41.5 Å². The number of carbonyl (C=O) groups excluding carboxylic acids is 1. The molecular weight excluding hydrogens is 388 g/mol. The number of nitrogens with zero attached hydrogens (tertiary/aromatic N) is 1. The van der Waals surface area contributed by atoms with Gasteiger partial charge in [0.15, 0.2) is 11.5 Å². The minimum atomic E-state index is -0.980. The Morgan fingerprint density at radius 2 is 1.70 bits per heavy atom. The van der Waals surface area contributed by atoms with Crippen molar-refractivity contribution in [2.45, 2.75) is 19.1 Å². The third-order valence-electron chi connectivity index (χ3n) is 5.36. The van der Waals surface area contributed by atoms with Crippen LogP contribution in [0.4, 0.5) is 5.69 Å². The summed E-state index contributed by atoms with van der Waals surface area (Å²) in [5.41, 5.74) is 1.82. The first-order chi connectivity index (χ1) is 14.5. The van der Waals surface area contributed by atoms with Crippen LogP contribution in [-0.2, 0) is 0 Å². The molecule has 1 amide bonds. The van der Waals surface area contributed by atoms with Crippen molar-refractivity contribution in [2.75, 3.05) is 46.8 Å². The summed E-state index contributed by atoms with van der Waals surface area (Å²) >= 11 is 0. The molecule has 0 bridgehead atoms. The first kappa shape index (κ1) is 21.6. The van der Waals surface area contributed by atoms with Crippen LogP contribution in [0.5, 0.6) is 23.0 Å². The van der Waals surface area contributed by atoms with Crippen LogP contribution in [0.1, 0.15) is 28.8 Å². The number of nitrogens with one attached hydrogen (secondary N) is 1. The van der Waals surface area contributed by atoms with Gasteiger partial charge in [-0.15, -0.1) is 0 Å². The number of aliphatic hydroxyl groups is 1. The van der Waals surface area contributed by atoms with Gasteiger partial charge < -0.3 is 34.3 Å². The summed E-state index contributed by atoms with van der Waals surface area (Å²) < 4.78 is 21.4. The molecule has 2 N–H and O–H groups in total. The smallest absolute Gasteiger partial charge is 0.254 e. The van der Waals surface area contributed by atoms with Crippen molar-refractivity contribution in [3.63, 3.8) is 0 Å². The Kier molecular flexibility index (Phi) is 6.56. The topological polar surface area (TPSA) is 89.5 Å². The molecule has 3 rings (SSSR count). The zero-order chi connectivity index (χ0) is 21.8. The van der Waals surface area contributed by atoms with Crippen molar-refractivity contribution < 1.29 is 28.8 Å². The minimum absolute atomic E-state index is 0.0982. The summed E-state index contributed by atoms with van der Waals surface area (Å²) in [5, 5.41) is 14.2. The maximum atomic E-state index is 12.9. The number of methoxy groups -OCH3 is 4. The number of hydrogen-bond acceptors (Lipinski definition) is 7. The molecular formula is C22H28N2O6. The Morgan fingerprint density at radius 3 is 2.30 bits per heavy atom. The van der Waals surface area contributed by atoms with E-state index in [4.69, 9.17) is 18.9 Å². The third-order valence-corrected chi connectivity index (χ3v) is 5.36. The number of hydrogen-bond donors (Lipinski definition) is 2. The predicted molar refractivity (Wildman–Crippen MR) is 113 cm³/mol. The van der Waals surface area contributed by atoms with Gasteiger partial charge in [0.25, 0.3) is 5.91 Å². The number of amides is 1. The van der Waals surface area contributed by atoms with Gasteiger partial charge >= 0.3 is 0 Å². The highest BCUT2D eigenvalue weighted by Gasteiger charge is 2.36. The summed E-state index contributed by atoms with van der Waals surface area (Å²) in [6.07, 6.45) is -0.980. The fourth-order valence-corrected chi connectivity index (χ4v) is 3.70. The van der Waals surface area contributed by atoms with Gasteiger partial charge in [-0.3, -0.25) is 4.79 Å². The lowest BCUT2D eigenvalue weighted by Gasteiger charge is -2.37. The van der Waals surface area contributed by atoms with E-state index in [0.29, 0.717) is 52.9 Å². The second kappa shape index (κ2) is 9.13. The predicted octanol–water partition coefficient (Wildman–Crippen LogP) is 2.71. The van der Waals surface area contributed by atoms with Gasteiger partial charge in [-0.1, -0.05) is 0 Å². The number of aliphatic hydroxyl groups excluding tert-OH is 1. The number of fused-ring (bicyclic) bond motifs is 1. The van der Waals surface area contributed by atoms with E-state index in [1.165, 1.54) is 7.11 Å². The van der Waals surface area contributed by atoms with Crippen LogP contribution in [0.3, 0.4) is 0 Å². The van der Waals surface area contributed by atoms with Crippen LogP contribution >= 0.6 is 0 Å². The maximum Gasteiger partial charge on any atom is 0.254 e. The van der Waals surface area contributed by atoms with E-state index < -0.39 is 6.23 Å². The summed E-state index contributed by atoms with van der Waals surface area (Å²) in [5.74, 6) is 1.69. The van der Waals surface area contributed by atoms with Crippen LogP contribution in [0, 0.1) is 0 Å². The molecule has 8 heteroatoms.